The Morgan fingerprint density at radius 1 is 1.16 bits per heavy atom. The fourth-order valence-corrected chi connectivity index (χ4v) is 1.98. The van der Waals surface area contributed by atoms with E-state index in [0.717, 1.165) is 22.0 Å². The van der Waals surface area contributed by atoms with E-state index in [1.165, 1.54) is 0 Å². The minimum absolute atomic E-state index is 0.131. The number of ether oxygens (including phenoxy) is 1. The van der Waals surface area contributed by atoms with E-state index in [9.17, 15) is 0 Å². The Hall–Kier alpha value is -1.87. The third-order valence-corrected chi connectivity index (χ3v) is 3.25. The van der Waals surface area contributed by atoms with Gasteiger partial charge in [0.2, 0.25) is 0 Å². The summed E-state index contributed by atoms with van der Waals surface area (Å²) in [5.74, 6) is 0.778. The van der Waals surface area contributed by atoms with Crippen LogP contribution in [0.2, 0.25) is 5.02 Å². The molecular formula is C15H17ClN2O. The molecule has 0 saturated heterocycles. The second-order valence-electron chi connectivity index (χ2n) is 4.37. The molecule has 0 bridgehead atoms. The highest BCUT2D eigenvalue weighted by atomic mass is 35.5. The molecule has 0 saturated carbocycles. The van der Waals surface area contributed by atoms with E-state index in [1.807, 2.05) is 42.5 Å². The summed E-state index contributed by atoms with van der Waals surface area (Å²) in [6, 6.07) is 13.4. The molecule has 0 spiro atoms. The predicted octanol–water partition coefficient (Wildman–Crippen LogP) is 4.10. The summed E-state index contributed by atoms with van der Waals surface area (Å²) in [4.78, 5) is 0. The number of nitrogen functional groups attached to an aromatic ring is 1. The van der Waals surface area contributed by atoms with Gasteiger partial charge >= 0.3 is 0 Å². The van der Waals surface area contributed by atoms with Crippen molar-refractivity contribution in [2.45, 2.75) is 13.0 Å². The highest BCUT2D eigenvalue weighted by Gasteiger charge is 2.08. The number of rotatable bonds is 4. The molecule has 0 heterocycles. The molecule has 0 fully saturated rings. The maximum atomic E-state index is 5.96. The second kappa shape index (κ2) is 5.85. The zero-order valence-electron chi connectivity index (χ0n) is 11.0. The lowest BCUT2D eigenvalue weighted by Gasteiger charge is -2.18. The van der Waals surface area contributed by atoms with Crippen LogP contribution in [0.1, 0.15) is 18.5 Å². The summed E-state index contributed by atoms with van der Waals surface area (Å²) in [6.07, 6.45) is 0. The molecule has 2 aromatic rings. The van der Waals surface area contributed by atoms with Crippen LogP contribution in [0.5, 0.6) is 5.75 Å². The van der Waals surface area contributed by atoms with E-state index >= 15 is 0 Å². The monoisotopic (exact) mass is 276 g/mol. The summed E-state index contributed by atoms with van der Waals surface area (Å²) < 4.78 is 5.20. The molecule has 0 aliphatic rings. The fourth-order valence-electron chi connectivity index (χ4n) is 1.86. The molecule has 0 amide bonds. The number of hydrogen-bond acceptors (Lipinski definition) is 3. The Labute approximate surface area is 118 Å². The van der Waals surface area contributed by atoms with Gasteiger partial charge in [-0.05, 0) is 36.8 Å². The minimum atomic E-state index is 0.131. The fraction of sp³-hybridized carbons (Fsp3) is 0.200. The quantitative estimate of drug-likeness (QED) is 0.827. The van der Waals surface area contributed by atoms with Gasteiger partial charge < -0.3 is 15.8 Å². The standard InChI is InChI=1S/C15H17ClN2O/c1-10(11-3-5-12(16)6-4-11)18-15-9-13(19-2)7-8-14(15)17/h3-10,18H,17H2,1-2H3. The molecule has 100 valence electrons. The molecule has 0 aromatic heterocycles. The van der Waals surface area contributed by atoms with Gasteiger partial charge in [0.25, 0.3) is 0 Å². The van der Waals surface area contributed by atoms with Crippen LogP contribution >= 0.6 is 11.6 Å². The van der Waals surface area contributed by atoms with Gasteiger partial charge in [-0.15, -0.1) is 0 Å². The minimum Gasteiger partial charge on any atom is -0.497 e. The number of nitrogens with one attached hydrogen (secondary N) is 1. The molecule has 4 heteroatoms. The van der Waals surface area contributed by atoms with Crippen LogP contribution < -0.4 is 15.8 Å². The summed E-state index contributed by atoms with van der Waals surface area (Å²) >= 11 is 5.88. The first-order valence-corrected chi connectivity index (χ1v) is 6.43. The number of methoxy groups -OCH3 is 1. The molecule has 3 N–H and O–H groups in total. The average molecular weight is 277 g/mol. The van der Waals surface area contributed by atoms with Crippen LogP contribution in [0, 0.1) is 0 Å². The third kappa shape index (κ3) is 3.32. The van der Waals surface area contributed by atoms with Gasteiger partial charge in [0.05, 0.1) is 18.5 Å². The van der Waals surface area contributed by atoms with E-state index in [4.69, 9.17) is 22.1 Å². The van der Waals surface area contributed by atoms with Gasteiger partial charge in [0.15, 0.2) is 0 Å². The SMILES string of the molecule is COc1ccc(N)c(NC(C)c2ccc(Cl)cc2)c1. The highest BCUT2D eigenvalue weighted by molar-refractivity contribution is 6.30. The molecule has 2 rings (SSSR count). The summed E-state index contributed by atoms with van der Waals surface area (Å²) in [7, 11) is 1.64. The first kappa shape index (κ1) is 13.6. The molecule has 1 unspecified atom stereocenters. The lowest BCUT2D eigenvalue weighted by molar-refractivity contribution is 0.415. The Morgan fingerprint density at radius 3 is 2.47 bits per heavy atom. The van der Waals surface area contributed by atoms with Crippen LogP contribution in [-0.2, 0) is 0 Å². The molecule has 0 radical (unpaired) electrons. The van der Waals surface area contributed by atoms with Crippen molar-refractivity contribution in [3.8, 4) is 5.75 Å². The van der Waals surface area contributed by atoms with Crippen LogP contribution in [0.4, 0.5) is 11.4 Å². The molecule has 0 aliphatic heterocycles. The van der Waals surface area contributed by atoms with Gasteiger partial charge in [0.1, 0.15) is 5.75 Å². The Bertz CT molecular complexity index is 555. The number of nitrogens with two attached hydrogens (primary N) is 1. The molecule has 19 heavy (non-hydrogen) atoms. The average Bonchev–Trinajstić information content (AvgIpc) is 2.42. The molecule has 2 aromatic carbocycles. The van der Waals surface area contributed by atoms with E-state index in [2.05, 4.69) is 12.2 Å². The maximum Gasteiger partial charge on any atom is 0.121 e. The zero-order chi connectivity index (χ0) is 13.8. The first-order chi connectivity index (χ1) is 9.10. The van der Waals surface area contributed by atoms with E-state index in [-0.39, 0.29) is 6.04 Å². The third-order valence-electron chi connectivity index (χ3n) is 3.00. The van der Waals surface area contributed by atoms with Crippen LogP contribution in [-0.4, -0.2) is 7.11 Å². The van der Waals surface area contributed by atoms with Crippen molar-refractivity contribution in [1.29, 1.82) is 0 Å². The van der Waals surface area contributed by atoms with E-state index in [1.54, 1.807) is 7.11 Å². The summed E-state index contributed by atoms with van der Waals surface area (Å²) in [5.41, 5.74) is 8.66. The van der Waals surface area contributed by atoms with Gasteiger partial charge in [-0.1, -0.05) is 23.7 Å². The normalized spacial score (nSPS) is 11.9. The molecule has 0 aliphatic carbocycles. The number of halogens is 1. The van der Waals surface area contributed by atoms with Crippen LogP contribution in [0.3, 0.4) is 0 Å². The van der Waals surface area contributed by atoms with Gasteiger partial charge in [0, 0.05) is 17.1 Å². The number of benzene rings is 2. The molecular weight excluding hydrogens is 260 g/mol. The van der Waals surface area contributed by atoms with Crippen LogP contribution in [0.25, 0.3) is 0 Å². The van der Waals surface area contributed by atoms with Crippen molar-refractivity contribution in [1.82, 2.24) is 0 Å². The Kier molecular flexibility index (Phi) is 4.17. The van der Waals surface area contributed by atoms with Crippen molar-refractivity contribution in [2.75, 3.05) is 18.2 Å². The summed E-state index contributed by atoms with van der Waals surface area (Å²) in [6.45, 7) is 2.07. The van der Waals surface area contributed by atoms with Crippen molar-refractivity contribution in [3.63, 3.8) is 0 Å². The largest absolute Gasteiger partial charge is 0.497 e. The van der Waals surface area contributed by atoms with Crippen molar-refractivity contribution in [2.24, 2.45) is 0 Å². The number of hydrogen-bond donors (Lipinski definition) is 2. The smallest absolute Gasteiger partial charge is 0.121 e. The second-order valence-corrected chi connectivity index (χ2v) is 4.81. The van der Waals surface area contributed by atoms with Gasteiger partial charge in [-0.3, -0.25) is 0 Å². The molecule has 3 nitrogen and oxygen atoms in total. The first-order valence-electron chi connectivity index (χ1n) is 6.05. The van der Waals surface area contributed by atoms with Gasteiger partial charge in [-0.2, -0.15) is 0 Å². The topological polar surface area (TPSA) is 47.3 Å². The zero-order valence-corrected chi connectivity index (χ0v) is 11.7. The maximum absolute atomic E-state index is 5.96. The molecule has 1 atom stereocenters. The lowest BCUT2D eigenvalue weighted by atomic mass is 10.1. The van der Waals surface area contributed by atoms with Crippen molar-refractivity contribution < 1.29 is 4.74 Å². The Morgan fingerprint density at radius 2 is 1.84 bits per heavy atom. The van der Waals surface area contributed by atoms with Gasteiger partial charge in [-0.25, -0.2) is 0 Å². The van der Waals surface area contributed by atoms with Crippen molar-refractivity contribution >= 4 is 23.0 Å². The predicted molar refractivity (Wildman–Crippen MR) is 80.9 cm³/mol. The Balaban J connectivity index is 2.18. The van der Waals surface area contributed by atoms with E-state index in [0.29, 0.717) is 5.69 Å². The van der Waals surface area contributed by atoms with E-state index < -0.39 is 0 Å². The number of anilines is 2. The highest BCUT2D eigenvalue weighted by Crippen LogP contribution is 2.28. The van der Waals surface area contributed by atoms with Crippen molar-refractivity contribution in [3.05, 3.63) is 53.1 Å². The summed E-state index contributed by atoms with van der Waals surface area (Å²) in [5, 5.41) is 4.11. The van der Waals surface area contributed by atoms with Crippen LogP contribution in [0.15, 0.2) is 42.5 Å². The lowest BCUT2D eigenvalue weighted by Crippen LogP contribution is -2.08.